The molecule has 0 saturated heterocycles. The zero-order valence-electron chi connectivity index (χ0n) is 12.2. The number of pyridine rings is 1. The van der Waals surface area contributed by atoms with Crippen molar-refractivity contribution < 1.29 is 9.53 Å². The SMILES string of the molecule is COc1cccc(CCNc2ccc(NC(C)=O)nc2)c1. The summed E-state index contributed by atoms with van der Waals surface area (Å²) in [5, 5.41) is 5.93. The van der Waals surface area contributed by atoms with Crippen LogP contribution in [0.3, 0.4) is 0 Å². The lowest BCUT2D eigenvalue weighted by Crippen LogP contribution is -2.08. The topological polar surface area (TPSA) is 63.2 Å². The molecule has 0 bridgehead atoms. The third-order valence-corrected chi connectivity index (χ3v) is 2.94. The fourth-order valence-electron chi connectivity index (χ4n) is 1.93. The Morgan fingerprint density at radius 3 is 2.81 bits per heavy atom. The van der Waals surface area contributed by atoms with E-state index in [4.69, 9.17) is 4.74 Å². The number of anilines is 2. The molecule has 21 heavy (non-hydrogen) atoms. The van der Waals surface area contributed by atoms with Gasteiger partial charge in [0.15, 0.2) is 0 Å². The van der Waals surface area contributed by atoms with Crippen LogP contribution in [0.5, 0.6) is 5.75 Å². The van der Waals surface area contributed by atoms with Gasteiger partial charge in [-0.1, -0.05) is 12.1 Å². The second-order valence-corrected chi connectivity index (χ2v) is 4.64. The largest absolute Gasteiger partial charge is 0.497 e. The van der Waals surface area contributed by atoms with E-state index in [-0.39, 0.29) is 5.91 Å². The van der Waals surface area contributed by atoms with Crippen LogP contribution in [0.2, 0.25) is 0 Å². The van der Waals surface area contributed by atoms with Crippen molar-refractivity contribution in [2.24, 2.45) is 0 Å². The van der Waals surface area contributed by atoms with Gasteiger partial charge in [-0.25, -0.2) is 4.98 Å². The van der Waals surface area contributed by atoms with Crippen LogP contribution in [-0.4, -0.2) is 24.5 Å². The first kappa shape index (κ1) is 14.8. The van der Waals surface area contributed by atoms with Gasteiger partial charge in [-0.15, -0.1) is 0 Å². The number of benzene rings is 1. The van der Waals surface area contributed by atoms with Gasteiger partial charge in [-0.3, -0.25) is 4.79 Å². The van der Waals surface area contributed by atoms with Gasteiger partial charge < -0.3 is 15.4 Å². The Labute approximate surface area is 124 Å². The summed E-state index contributed by atoms with van der Waals surface area (Å²) in [5.41, 5.74) is 2.14. The molecule has 0 spiro atoms. The van der Waals surface area contributed by atoms with Crippen LogP contribution in [0.25, 0.3) is 0 Å². The smallest absolute Gasteiger partial charge is 0.222 e. The molecule has 2 rings (SSSR count). The molecule has 1 heterocycles. The van der Waals surface area contributed by atoms with Crippen LogP contribution in [0.1, 0.15) is 12.5 Å². The van der Waals surface area contributed by atoms with E-state index in [9.17, 15) is 4.79 Å². The highest BCUT2D eigenvalue weighted by Gasteiger charge is 1.99. The van der Waals surface area contributed by atoms with Crippen LogP contribution < -0.4 is 15.4 Å². The standard InChI is InChI=1S/C16H19N3O2/c1-12(20)19-16-7-6-14(11-18-16)17-9-8-13-4-3-5-15(10-13)21-2/h3-7,10-11,17H,8-9H2,1-2H3,(H,18,19,20). The summed E-state index contributed by atoms with van der Waals surface area (Å²) in [6.07, 6.45) is 2.60. The van der Waals surface area contributed by atoms with Crippen LogP contribution >= 0.6 is 0 Å². The van der Waals surface area contributed by atoms with Gasteiger partial charge in [0.2, 0.25) is 5.91 Å². The van der Waals surface area contributed by atoms with E-state index >= 15 is 0 Å². The molecule has 110 valence electrons. The van der Waals surface area contributed by atoms with Gasteiger partial charge in [0.25, 0.3) is 0 Å². The molecule has 0 saturated carbocycles. The van der Waals surface area contributed by atoms with Crippen molar-refractivity contribution in [2.75, 3.05) is 24.3 Å². The van der Waals surface area contributed by atoms with Gasteiger partial charge in [0.05, 0.1) is 19.0 Å². The minimum absolute atomic E-state index is 0.124. The highest BCUT2D eigenvalue weighted by Crippen LogP contribution is 2.14. The number of aromatic nitrogens is 1. The summed E-state index contributed by atoms with van der Waals surface area (Å²) in [6, 6.07) is 11.7. The molecule has 2 aromatic rings. The third kappa shape index (κ3) is 4.80. The van der Waals surface area contributed by atoms with Crippen LogP contribution in [0.4, 0.5) is 11.5 Å². The Bertz CT molecular complexity index is 597. The van der Waals surface area contributed by atoms with Gasteiger partial charge in [0, 0.05) is 13.5 Å². The summed E-state index contributed by atoms with van der Waals surface area (Å²) in [7, 11) is 1.67. The molecule has 1 amide bonds. The summed E-state index contributed by atoms with van der Waals surface area (Å²) < 4.78 is 5.20. The van der Waals surface area contributed by atoms with Crippen molar-refractivity contribution in [1.29, 1.82) is 0 Å². The molecule has 0 radical (unpaired) electrons. The lowest BCUT2D eigenvalue weighted by Gasteiger charge is -2.08. The fourth-order valence-corrected chi connectivity index (χ4v) is 1.93. The van der Waals surface area contributed by atoms with Crippen molar-refractivity contribution >= 4 is 17.4 Å². The zero-order valence-corrected chi connectivity index (χ0v) is 12.2. The number of carbonyl (C=O) groups excluding carboxylic acids is 1. The summed E-state index contributed by atoms with van der Waals surface area (Å²) >= 11 is 0. The predicted molar refractivity (Wildman–Crippen MR) is 83.7 cm³/mol. The number of hydrogen-bond donors (Lipinski definition) is 2. The molecular weight excluding hydrogens is 266 g/mol. The Kier molecular flexibility index (Phi) is 5.15. The molecule has 0 atom stereocenters. The van der Waals surface area contributed by atoms with Crippen molar-refractivity contribution in [2.45, 2.75) is 13.3 Å². The molecule has 1 aromatic carbocycles. The first-order valence-corrected chi connectivity index (χ1v) is 6.78. The second-order valence-electron chi connectivity index (χ2n) is 4.64. The maximum atomic E-state index is 10.9. The average Bonchev–Trinajstić information content (AvgIpc) is 2.49. The molecule has 5 heteroatoms. The van der Waals surface area contributed by atoms with E-state index < -0.39 is 0 Å². The fraction of sp³-hybridized carbons (Fsp3) is 0.250. The molecule has 0 aliphatic heterocycles. The Morgan fingerprint density at radius 2 is 2.14 bits per heavy atom. The molecule has 0 unspecified atom stereocenters. The molecule has 0 aliphatic carbocycles. The third-order valence-electron chi connectivity index (χ3n) is 2.94. The second kappa shape index (κ2) is 7.28. The van der Waals surface area contributed by atoms with E-state index in [1.54, 1.807) is 19.4 Å². The minimum atomic E-state index is -0.124. The normalized spacial score (nSPS) is 10.0. The summed E-state index contributed by atoms with van der Waals surface area (Å²) in [4.78, 5) is 15.1. The van der Waals surface area contributed by atoms with E-state index in [1.807, 2.05) is 24.3 Å². The van der Waals surface area contributed by atoms with Gasteiger partial charge >= 0.3 is 0 Å². The molecule has 1 aromatic heterocycles. The molecule has 2 N–H and O–H groups in total. The Hall–Kier alpha value is -2.56. The number of hydrogen-bond acceptors (Lipinski definition) is 4. The number of rotatable bonds is 6. The van der Waals surface area contributed by atoms with Crippen molar-refractivity contribution in [3.05, 3.63) is 48.2 Å². The lowest BCUT2D eigenvalue weighted by atomic mass is 10.1. The van der Waals surface area contributed by atoms with Crippen molar-refractivity contribution in [3.63, 3.8) is 0 Å². The van der Waals surface area contributed by atoms with E-state index in [1.165, 1.54) is 12.5 Å². The van der Waals surface area contributed by atoms with E-state index in [2.05, 4.69) is 21.7 Å². The van der Waals surface area contributed by atoms with Crippen LogP contribution in [0, 0.1) is 0 Å². The van der Waals surface area contributed by atoms with Gasteiger partial charge in [-0.05, 0) is 36.2 Å². The number of nitrogens with one attached hydrogen (secondary N) is 2. The molecular formula is C16H19N3O2. The van der Waals surface area contributed by atoms with E-state index in [0.717, 1.165) is 24.4 Å². The number of methoxy groups -OCH3 is 1. The Balaban J connectivity index is 1.84. The average molecular weight is 285 g/mol. The van der Waals surface area contributed by atoms with E-state index in [0.29, 0.717) is 5.82 Å². The monoisotopic (exact) mass is 285 g/mol. The van der Waals surface area contributed by atoms with Gasteiger partial charge in [0.1, 0.15) is 11.6 Å². The number of amides is 1. The number of ether oxygens (including phenoxy) is 1. The Morgan fingerprint density at radius 1 is 1.29 bits per heavy atom. The molecule has 5 nitrogen and oxygen atoms in total. The minimum Gasteiger partial charge on any atom is -0.497 e. The maximum absolute atomic E-state index is 10.9. The van der Waals surface area contributed by atoms with Crippen molar-refractivity contribution in [1.82, 2.24) is 4.98 Å². The maximum Gasteiger partial charge on any atom is 0.222 e. The highest BCUT2D eigenvalue weighted by molar-refractivity contribution is 5.87. The highest BCUT2D eigenvalue weighted by atomic mass is 16.5. The zero-order chi connectivity index (χ0) is 15.1. The molecule has 0 aliphatic rings. The number of nitrogens with zero attached hydrogens (tertiary/aromatic N) is 1. The lowest BCUT2D eigenvalue weighted by molar-refractivity contribution is -0.114. The summed E-state index contributed by atoms with van der Waals surface area (Å²) in [5.74, 6) is 1.30. The summed E-state index contributed by atoms with van der Waals surface area (Å²) in [6.45, 7) is 2.26. The number of carbonyl (C=O) groups is 1. The first-order chi connectivity index (χ1) is 10.2. The van der Waals surface area contributed by atoms with Crippen LogP contribution in [0.15, 0.2) is 42.6 Å². The van der Waals surface area contributed by atoms with Crippen molar-refractivity contribution in [3.8, 4) is 5.75 Å². The quantitative estimate of drug-likeness (QED) is 0.856. The first-order valence-electron chi connectivity index (χ1n) is 6.78. The van der Waals surface area contributed by atoms with Gasteiger partial charge in [-0.2, -0.15) is 0 Å². The predicted octanol–water partition coefficient (Wildman–Crippen LogP) is 2.70. The van der Waals surface area contributed by atoms with Crippen LogP contribution in [-0.2, 0) is 11.2 Å². The molecule has 0 fully saturated rings.